The van der Waals surface area contributed by atoms with Gasteiger partial charge in [-0.25, -0.2) is 0 Å². The summed E-state index contributed by atoms with van der Waals surface area (Å²) < 4.78 is 5.79. The van der Waals surface area contributed by atoms with Crippen LogP contribution < -0.4 is 10.1 Å². The Labute approximate surface area is 130 Å². The fourth-order valence-corrected chi connectivity index (χ4v) is 3.18. The zero-order chi connectivity index (χ0) is 14.7. The Morgan fingerprint density at radius 3 is 2.90 bits per heavy atom. The number of rotatable bonds is 4. The highest BCUT2D eigenvalue weighted by Crippen LogP contribution is 2.27. The molecule has 1 aromatic carbocycles. The maximum atomic E-state index is 12.0. The Bertz CT molecular complexity index is 694. The van der Waals surface area contributed by atoms with Crippen molar-refractivity contribution in [2.24, 2.45) is 0 Å². The fourth-order valence-electron chi connectivity index (χ4n) is 1.69. The molecule has 2 N–H and O–H groups in total. The summed E-state index contributed by atoms with van der Waals surface area (Å²) >= 11 is 12.4. The molecule has 0 unspecified atom stereocenters. The smallest absolute Gasteiger partial charge is 0.229 e. The molecule has 0 saturated heterocycles. The molecule has 106 valence electrons. The average molecular weight is 329 g/mol. The molecule has 0 saturated carbocycles. The van der Waals surface area contributed by atoms with Crippen LogP contribution in [0.5, 0.6) is 5.75 Å². The van der Waals surface area contributed by atoms with Crippen molar-refractivity contribution >= 4 is 46.8 Å². The molecule has 0 aliphatic rings. The minimum atomic E-state index is -0.109. The van der Waals surface area contributed by atoms with Crippen LogP contribution in [0.2, 0.25) is 5.02 Å². The van der Waals surface area contributed by atoms with E-state index in [4.69, 9.17) is 28.6 Å². The number of aryl methyl sites for hydroxylation is 1. The lowest BCUT2D eigenvalue weighted by atomic mass is 10.2. The van der Waals surface area contributed by atoms with Gasteiger partial charge in [0.15, 0.2) is 3.95 Å². The summed E-state index contributed by atoms with van der Waals surface area (Å²) in [5.41, 5.74) is 1.58. The van der Waals surface area contributed by atoms with Gasteiger partial charge in [-0.3, -0.25) is 4.79 Å². The Morgan fingerprint density at radius 2 is 2.30 bits per heavy atom. The fraction of sp³-hybridized carbons (Fsp3) is 0.231. The molecule has 7 heteroatoms. The van der Waals surface area contributed by atoms with Crippen LogP contribution in [0.15, 0.2) is 18.2 Å². The van der Waals surface area contributed by atoms with E-state index in [0.29, 0.717) is 20.4 Å². The quantitative estimate of drug-likeness (QED) is 0.835. The number of ether oxygens (including phenoxy) is 1. The first-order valence-corrected chi connectivity index (χ1v) is 7.42. The molecule has 0 aliphatic heterocycles. The van der Waals surface area contributed by atoms with Gasteiger partial charge in [-0.2, -0.15) is 0 Å². The van der Waals surface area contributed by atoms with Crippen molar-refractivity contribution in [3.05, 3.63) is 37.7 Å². The van der Waals surface area contributed by atoms with E-state index in [9.17, 15) is 4.79 Å². The topological polar surface area (TPSA) is 54.1 Å². The third kappa shape index (κ3) is 3.59. The van der Waals surface area contributed by atoms with Crippen LogP contribution in [-0.4, -0.2) is 18.0 Å². The van der Waals surface area contributed by atoms with Crippen molar-refractivity contribution < 1.29 is 9.53 Å². The number of nitrogens with one attached hydrogen (secondary N) is 2. The molecule has 2 rings (SSSR count). The number of anilines is 1. The van der Waals surface area contributed by atoms with Crippen molar-refractivity contribution in [1.29, 1.82) is 0 Å². The molecule has 20 heavy (non-hydrogen) atoms. The van der Waals surface area contributed by atoms with Gasteiger partial charge in [0, 0.05) is 22.3 Å². The van der Waals surface area contributed by atoms with E-state index in [1.54, 1.807) is 18.2 Å². The molecule has 1 aromatic heterocycles. The number of methoxy groups -OCH3 is 1. The van der Waals surface area contributed by atoms with E-state index in [2.05, 4.69) is 10.3 Å². The zero-order valence-electron chi connectivity index (χ0n) is 11.0. The summed E-state index contributed by atoms with van der Waals surface area (Å²) in [4.78, 5) is 16.0. The highest BCUT2D eigenvalue weighted by Gasteiger charge is 2.10. The number of H-pyrrole nitrogens is 1. The third-order valence-corrected chi connectivity index (χ3v) is 4.33. The van der Waals surface area contributed by atoms with Crippen LogP contribution in [0.1, 0.15) is 10.6 Å². The first-order valence-electron chi connectivity index (χ1n) is 5.81. The van der Waals surface area contributed by atoms with Gasteiger partial charge in [-0.1, -0.05) is 11.6 Å². The molecule has 0 atom stereocenters. The van der Waals surface area contributed by atoms with Crippen LogP contribution in [0, 0.1) is 10.9 Å². The van der Waals surface area contributed by atoms with Crippen molar-refractivity contribution in [3.63, 3.8) is 0 Å². The number of carbonyl (C=O) groups is 1. The Morgan fingerprint density at radius 1 is 1.55 bits per heavy atom. The van der Waals surface area contributed by atoms with Gasteiger partial charge in [0.1, 0.15) is 5.75 Å². The van der Waals surface area contributed by atoms with E-state index in [-0.39, 0.29) is 12.3 Å². The number of benzene rings is 1. The summed E-state index contributed by atoms with van der Waals surface area (Å²) in [5, 5.41) is 3.31. The third-order valence-electron chi connectivity index (χ3n) is 2.68. The molecule has 0 fully saturated rings. The molecular weight excluding hydrogens is 316 g/mol. The minimum Gasteiger partial charge on any atom is -0.495 e. The SMILES string of the molecule is COc1cc(NC(=O)Cc2sc(=S)[nH]c2C)ccc1Cl. The molecule has 0 bridgehead atoms. The second-order valence-electron chi connectivity index (χ2n) is 4.14. The Balaban J connectivity index is 2.08. The highest BCUT2D eigenvalue weighted by atomic mass is 35.5. The second-order valence-corrected chi connectivity index (χ2v) is 6.32. The monoisotopic (exact) mass is 328 g/mol. The zero-order valence-corrected chi connectivity index (χ0v) is 13.3. The molecule has 2 aromatic rings. The molecule has 4 nitrogen and oxygen atoms in total. The van der Waals surface area contributed by atoms with Crippen LogP contribution in [0.25, 0.3) is 0 Å². The van der Waals surface area contributed by atoms with Gasteiger partial charge in [-0.15, -0.1) is 11.3 Å². The lowest BCUT2D eigenvalue weighted by Crippen LogP contribution is -2.14. The van der Waals surface area contributed by atoms with Gasteiger partial charge in [0.2, 0.25) is 5.91 Å². The summed E-state index contributed by atoms with van der Waals surface area (Å²) in [7, 11) is 1.53. The first kappa shape index (κ1) is 15.0. The van der Waals surface area contributed by atoms with Crippen molar-refractivity contribution in [1.82, 2.24) is 4.98 Å². The van der Waals surface area contributed by atoms with Gasteiger partial charge < -0.3 is 15.0 Å². The maximum Gasteiger partial charge on any atom is 0.229 e. The highest BCUT2D eigenvalue weighted by molar-refractivity contribution is 7.73. The van der Waals surface area contributed by atoms with Crippen LogP contribution >= 0.6 is 35.2 Å². The number of amides is 1. The van der Waals surface area contributed by atoms with Gasteiger partial charge in [0.25, 0.3) is 0 Å². The average Bonchev–Trinajstić information content (AvgIpc) is 2.70. The van der Waals surface area contributed by atoms with Gasteiger partial charge in [0.05, 0.1) is 18.6 Å². The van der Waals surface area contributed by atoms with Gasteiger partial charge in [-0.05, 0) is 31.3 Å². The van der Waals surface area contributed by atoms with Crippen molar-refractivity contribution in [2.75, 3.05) is 12.4 Å². The predicted molar refractivity (Wildman–Crippen MR) is 84.6 cm³/mol. The van der Waals surface area contributed by atoms with Crippen LogP contribution in [0.3, 0.4) is 0 Å². The predicted octanol–water partition coefficient (Wildman–Crippen LogP) is 3.96. The summed E-state index contributed by atoms with van der Waals surface area (Å²) in [6.07, 6.45) is 0.286. The van der Waals surface area contributed by atoms with Crippen molar-refractivity contribution in [3.8, 4) is 5.75 Å². The number of hydrogen-bond donors (Lipinski definition) is 2. The number of aromatic amines is 1. The van der Waals surface area contributed by atoms with Crippen LogP contribution in [0.4, 0.5) is 5.69 Å². The number of halogens is 1. The second kappa shape index (κ2) is 6.39. The molecule has 0 aliphatic carbocycles. The van der Waals surface area contributed by atoms with E-state index >= 15 is 0 Å². The maximum absolute atomic E-state index is 12.0. The summed E-state index contributed by atoms with van der Waals surface area (Å²) in [6.45, 7) is 1.90. The number of thiazole rings is 1. The first-order chi connectivity index (χ1) is 9.49. The molecule has 0 spiro atoms. The molecule has 0 radical (unpaired) electrons. The summed E-state index contributed by atoms with van der Waals surface area (Å²) in [6, 6.07) is 5.10. The molecule has 1 amide bonds. The van der Waals surface area contributed by atoms with E-state index < -0.39 is 0 Å². The van der Waals surface area contributed by atoms with E-state index in [0.717, 1.165) is 10.6 Å². The largest absolute Gasteiger partial charge is 0.495 e. The normalized spacial score (nSPS) is 10.3. The Hall–Kier alpha value is -1.37. The standard InChI is InChI=1S/C13H13ClN2O2S2/c1-7-11(20-13(19)15-7)6-12(17)16-8-3-4-9(14)10(5-8)18-2/h3-5H,6H2,1-2H3,(H,15,19)(H,16,17). The van der Waals surface area contributed by atoms with E-state index in [1.807, 2.05) is 6.92 Å². The van der Waals surface area contributed by atoms with Gasteiger partial charge >= 0.3 is 0 Å². The lowest BCUT2D eigenvalue weighted by molar-refractivity contribution is -0.115. The number of aromatic nitrogens is 1. The summed E-state index contributed by atoms with van der Waals surface area (Å²) in [5.74, 6) is 0.417. The van der Waals surface area contributed by atoms with E-state index in [1.165, 1.54) is 18.4 Å². The Kier molecular flexibility index (Phi) is 4.80. The molecule has 1 heterocycles. The number of hydrogen-bond acceptors (Lipinski definition) is 4. The molecular formula is C13H13ClN2O2S2. The minimum absolute atomic E-state index is 0.109. The van der Waals surface area contributed by atoms with Crippen LogP contribution in [-0.2, 0) is 11.2 Å². The van der Waals surface area contributed by atoms with Crippen molar-refractivity contribution in [2.45, 2.75) is 13.3 Å². The number of carbonyl (C=O) groups excluding carboxylic acids is 1. The lowest BCUT2D eigenvalue weighted by Gasteiger charge is -2.08.